The molecule has 1 heterocycles. The molecule has 1 aliphatic carbocycles. The van der Waals surface area contributed by atoms with Gasteiger partial charge in [0.2, 0.25) is 0 Å². The van der Waals surface area contributed by atoms with E-state index in [1.54, 1.807) is 0 Å². The van der Waals surface area contributed by atoms with Gasteiger partial charge in [-0.2, -0.15) is 0 Å². The number of hydrogen-bond acceptors (Lipinski definition) is 3. The van der Waals surface area contributed by atoms with Gasteiger partial charge in [-0.25, -0.2) is 9.78 Å². The monoisotopic (exact) mass is 276 g/mol. The van der Waals surface area contributed by atoms with E-state index in [1.165, 1.54) is 43.9 Å². The first-order chi connectivity index (χ1) is 9.66. The zero-order valence-electron chi connectivity index (χ0n) is 11.5. The van der Waals surface area contributed by atoms with Crippen molar-refractivity contribution < 1.29 is 14.7 Å². The minimum absolute atomic E-state index is 0.105. The number of aromatic nitrogens is 1. The molecule has 0 aliphatic heterocycles. The summed E-state index contributed by atoms with van der Waals surface area (Å²) in [5.74, 6) is -0.884. The third-order valence-electron chi connectivity index (χ3n) is 3.73. The van der Waals surface area contributed by atoms with E-state index >= 15 is 0 Å². The quantitative estimate of drug-likeness (QED) is 0.828. The molecule has 108 valence electrons. The Labute approximate surface area is 118 Å². The highest BCUT2D eigenvalue weighted by atomic mass is 16.4. The standard InChI is InChI=1S/C15H20N2O3/c18-14(12-8-5-9-13(17-12)15(19)20)16-10-11-6-3-1-2-4-7-11/h5,8-9,11H,1-4,6-7,10H2,(H,16,18)(H,19,20). The van der Waals surface area contributed by atoms with Gasteiger partial charge >= 0.3 is 5.97 Å². The van der Waals surface area contributed by atoms with Crippen LogP contribution in [0.25, 0.3) is 0 Å². The van der Waals surface area contributed by atoms with Crippen LogP contribution < -0.4 is 5.32 Å². The van der Waals surface area contributed by atoms with Gasteiger partial charge in [0.1, 0.15) is 11.4 Å². The molecule has 1 saturated carbocycles. The number of nitrogens with one attached hydrogen (secondary N) is 1. The molecule has 2 rings (SSSR count). The lowest BCUT2D eigenvalue weighted by Gasteiger charge is -2.14. The van der Waals surface area contributed by atoms with E-state index in [4.69, 9.17) is 5.11 Å². The van der Waals surface area contributed by atoms with Crippen molar-refractivity contribution in [3.63, 3.8) is 0 Å². The Bertz CT molecular complexity index is 480. The van der Waals surface area contributed by atoms with Crippen molar-refractivity contribution in [2.45, 2.75) is 38.5 Å². The number of aromatic carboxylic acids is 1. The molecular weight excluding hydrogens is 256 g/mol. The Morgan fingerprint density at radius 1 is 1.15 bits per heavy atom. The number of carbonyl (C=O) groups excluding carboxylic acids is 1. The van der Waals surface area contributed by atoms with Crippen molar-refractivity contribution in [2.75, 3.05) is 6.54 Å². The number of rotatable bonds is 4. The van der Waals surface area contributed by atoms with Crippen LogP contribution in [0.3, 0.4) is 0 Å². The summed E-state index contributed by atoms with van der Waals surface area (Å²) in [5.41, 5.74) is 0.0608. The van der Waals surface area contributed by atoms with Gasteiger partial charge in [0.25, 0.3) is 5.91 Å². The third kappa shape index (κ3) is 4.05. The fourth-order valence-electron chi connectivity index (χ4n) is 2.58. The van der Waals surface area contributed by atoms with Gasteiger partial charge in [0.15, 0.2) is 0 Å². The van der Waals surface area contributed by atoms with Gasteiger partial charge in [-0.15, -0.1) is 0 Å². The van der Waals surface area contributed by atoms with Crippen LogP contribution in [0.4, 0.5) is 0 Å². The van der Waals surface area contributed by atoms with Crippen LogP contribution in [0.5, 0.6) is 0 Å². The maximum Gasteiger partial charge on any atom is 0.354 e. The molecule has 0 bridgehead atoms. The number of carboxylic acids is 1. The van der Waals surface area contributed by atoms with Crippen LogP contribution in [0.1, 0.15) is 59.5 Å². The summed E-state index contributed by atoms with van der Waals surface area (Å²) in [6.07, 6.45) is 7.34. The van der Waals surface area contributed by atoms with Crippen molar-refractivity contribution >= 4 is 11.9 Å². The minimum atomic E-state index is -1.12. The van der Waals surface area contributed by atoms with Gasteiger partial charge in [-0.3, -0.25) is 4.79 Å². The average Bonchev–Trinajstić information content (AvgIpc) is 2.73. The molecule has 5 heteroatoms. The van der Waals surface area contributed by atoms with Gasteiger partial charge in [0.05, 0.1) is 0 Å². The molecule has 0 radical (unpaired) electrons. The number of hydrogen-bond donors (Lipinski definition) is 2. The molecule has 2 N–H and O–H groups in total. The SMILES string of the molecule is O=C(O)c1cccc(C(=O)NCC2CCCCCC2)n1. The first-order valence-corrected chi connectivity index (χ1v) is 7.15. The molecule has 0 spiro atoms. The Balaban J connectivity index is 1.90. The van der Waals surface area contributed by atoms with Gasteiger partial charge < -0.3 is 10.4 Å². The minimum Gasteiger partial charge on any atom is -0.477 e. The third-order valence-corrected chi connectivity index (χ3v) is 3.73. The molecule has 1 aliphatic rings. The topological polar surface area (TPSA) is 79.3 Å². The lowest BCUT2D eigenvalue weighted by molar-refractivity contribution is 0.0690. The highest BCUT2D eigenvalue weighted by Crippen LogP contribution is 2.22. The first kappa shape index (κ1) is 14.5. The predicted octanol–water partition coefficient (Wildman–Crippen LogP) is 2.48. The van der Waals surface area contributed by atoms with Crippen LogP contribution in [-0.2, 0) is 0 Å². The largest absolute Gasteiger partial charge is 0.477 e. The second-order valence-corrected chi connectivity index (χ2v) is 5.28. The van der Waals surface area contributed by atoms with Crippen molar-refractivity contribution in [3.8, 4) is 0 Å². The summed E-state index contributed by atoms with van der Waals surface area (Å²) in [5, 5.41) is 11.7. The van der Waals surface area contributed by atoms with Crippen LogP contribution in [0.2, 0.25) is 0 Å². The normalized spacial score (nSPS) is 16.4. The Morgan fingerprint density at radius 2 is 1.80 bits per heavy atom. The summed E-state index contributed by atoms with van der Waals surface area (Å²) in [4.78, 5) is 26.6. The molecule has 5 nitrogen and oxygen atoms in total. The first-order valence-electron chi connectivity index (χ1n) is 7.15. The summed E-state index contributed by atoms with van der Waals surface area (Å²) < 4.78 is 0. The maximum absolute atomic E-state index is 12.0. The number of carboxylic acid groups (broad SMARTS) is 1. The summed E-state index contributed by atoms with van der Waals surface area (Å²) in [6.45, 7) is 0.651. The van der Waals surface area contributed by atoms with Gasteiger partial charge in [-0.1, -0.05) is 31.7 Å². The average molecular weight is 276 g/mol. The number of amides is 1. The molecule has 0 aromatic carbocycles. The summed E-state index contributed by atoms with van der Waals surface area (Å²) in [6, 6.07) is 4.45. The zero-order valence-corrected chi connectivity index (χ0v) is 11.5. The van der Waals surface area contributed by atoms with E-state index in [-0.39, 0.29) is 17.3 Å². The molecule has 0 atom stereocenters. The fourth-order valence-corrected chi connectivity index (χ4v) is 2.58. The summed E-state index contributed by atoms with van der Waals surface area (Å²) >= 11 is 0. The molecule has 20 heavy (non-hydrogen) atoms. The zero-order chi connectivity index (χ0) is 14.4. The lowest BCUT2D eigenvalue weighted by atomic mass is 10.0. The number of carbonyl (C=O) groups is 2. The van der Waals surface area contributed by atoms with Gasteiger partial charge in [0, 0.05) is 6.54 Å². The smallest absolute Gasteiger partial charge is 0.354 e. The Hall–Kier alpha value is -1.91. The molecule has 0 unspecified atom stereocenters. The Kier molecular flexibility index (Phi) is 5.09. The Morgan fingerprint density at radius 3 is 2.45 bits per heavy atom. The van der Waals surface area contributed by atoms with Crippen LogP contribution in [0, 0.1) is 5.92 Å². The van der Waals surface area contributed by atoms with Crippen LogP contribution in [-0.4, -0.2) is 28.5 Å². The van der Waals surface area contributed by atoms with Crippen molar-refractivity contribution in [3.05, 3.63) is 29.6 Å². The highest BCUT2D eigenvalue weighted by Gasteiger charge is 2.15. The second kappa shape index (κ2) is 7.03. The fraction of sp³-hybridized carbons (Fsp3) is 0.533. The van der Waals surface area contributed by atoms with E-state index in [0.717, 1.165) is 12.8 Å². The summed E-state index contributed by atoms with van der Waals surface area (Å²) in [7, 11) is 0. The number of pyridine rings is 1. The maximum atomic E-state index is 12.0. The van der Waals surface area contributed by atoms with E-state index in [0.29, 0.717) is 12.5 Å². The number of nitrogens with zero attached hydrogens (tertiary/aromatic N) is 1. The highest BCUT2D eigenvalue weighted by molar-refractivity contribution is 5.94. The molecular formula is C15H20N2O3. The molecule has 1 amide bonds. The van der Waals surface area contributed by atoms with E-state index in [1.807, 2.05) is 0 Å². The second-order valence-electron chi connectivity index (χ2n) is 5.28. The van der Waals surface area contributed by atoms with Crippen molar-refractivity contribution in [2.24, 2.45) is 5.92 Å². The molecule has 1 aromatic rings. The molecule has 0 saturated heterocycles. The van der Waals surface area contributed by atoms with E-state index < -0.39 is 5.97 Å². The van der Waals surface area contributed by atoms with Crippen LogP contribution >= 0.6 is 0 Å². The molecule has 1 fully saturated rings. The lowest BCUT2D eigenvalue weighted by Crippen LogP contribution is -2.30. The van der Waals surface area contributed by atoms with E-state index in [9.17, 15) is 9.59 Å². The van der Waals surface area contributed by atoms with Crippen LogP contribution in [0.15, 0.2) is 18.2 Å². The van der Waals surface area contributed by atoms with Crippen molar-refractivity contribution in [1.29, 1.82) is 0 Å². The van der Waals surface area contributed by atoms with Crippen molar-refractivity contribution in [1.82, 2.24) is 10.3 Å². The predicted molar refractivity (Wildman–Crippen MR) is 74.7 cm³/mol. The molecule has 1 aromatic heterocycles. The van der Waals surface area contributed by atoms with E-state index in [2.05, 4.69) is 10.3 Å². The van der Waals surface area contributed by atoms with Gasteiger partial charge in [-0.05, 0) is 30.9 Å².